The summed E-state index contributed by atoms with van der Waals surface area (Å²) in [5.74, 6) is 0.872. The van der Waals surface area contributed by atoms with E-state index in [0.717, 1.165) is 38.6 Å². The lowest BCUT2D eigenvalue weighted by atomic mass is 10.2. The normalized spacial score (nSPS) is 18.9. The highest BCUT2D eigenvalue weighted by Crippen LogP contribution is 2.31. The largest absolute Gasteiger partial charge is 0.329 e. The molecule has 1 unspecified atom stereocenters. The van der Waals surface area contributed by atoms with E-state index in [1.165, 1.54) is 12.8 Å². The zero-order valence-corrected chi connectivity index (χ0v) is 9.63. The SMILES string of the molecule is CCN(CC)CCNC(CN)C1CC1. The van der Waals surface area contributed by atoms with Crippen molar-refractivity contribution in [3.63, 3.8) is 0 Å². The monoisotopic (exact) mass is 199 g/mol. The van der Waals surface area contributed by atoms with E-state index in [0.29, 0.717) is 6.04 Å². The zero-order valence-electron chi connectivity index (χ0n) is 9.63. The minimum absolute atomic E-state index is 0.575. The summed E-state index contributed by atoms with van der Waals surface area (Å²) in [6.45, 7) is 9.75. The molecule has 3 nitrogen and oxygen atoms in total. The summed E-state index contributed by atoms with van der Waals surface area (Å²) in [4.78, 5) is 2.44. The van der Waals surface area contributed by atoms with Gasteiger partial charge >= 0.3 is 0 Å². The molecule has 3 N–H and O–H groups in total. The fourth-order valence-corrected chi connectivity index (χ4v) is 1.89. The van der Waals surface area contributed by atoms with Crippen molar-refractivity contribution in [3.8, 4) is 0 Å². The van der Waals surface area contributed by atoms with Gasteiger partial charge in [-0.3, -0.25) is 0 Å². The van der Waals surface area contributed by atoms with Crippen LogP contribution >= 0.6 is 0 Å². The van der Waals surface area contributed by atoms with Gasteiger partial charge in [-0.15, -0.1) is 0 Å². The van der Waals surface area contributed by atoms with Crippen LogP contribution in [0.4, 0.5) is 0 Å². The van der Waals surface area contributed by atoms with Crippen LogP contribution in [0.1, 0.15) is 26.7 Å². The second kappa shape index (κ2) is 6.38. The Kier molecular flexibility index (Phi) is 5.45. The van der Waals surface area contributed by atoms with Gasteiger partial charge in [0.25, 0.3) is 0 Å². The van der Waals surface area contributed by atoms with E-state index in [1.54, 1.807) is 0 Å². The highest BCUT2D eigenvalue weighted by molar-refractivity contribution is 4.86. The number of likely N-dealkylation sites (N-methyl/N-ethyl adjacent to an activating group) is 1. The molecule has 3 heteroatoms. The number of hydrogen-bond donors (Lipinski definition) is 2. The molecule has 0 spiro atoms. The smallest absolute Gasteiger partial charge is 0.0219 e. The molecule has 1 rings (SSSR count). The summed E-state index contributed by atoms with van der Waals surface area (Å²) in [5, 5.41) is 3.56. The topological polar surface area (TPSA) is 41.3 Å². The fourth-order valence-electron chi connectivity index (χ4n) is 1.89. The lowest BCUT2D eigenvalue weighted by Gasteiger charge is -2.21. The molecule has 1 aliphatic carbocycles. The van der Waals surface area contributed by atoms with Crippen molar-refractivity contribution < 1.29 is 0 Å². The first-order valence-electron chi connectivity index (χ1n) is 5.97. The molecule has 1 fully saturated rings. The van der Waals surface area contributed by atoms with E-state index >= 15 is 0 Å². The molecule has 0 bridgehead atoms. The second-order valence-electron chi connectivity index (χ2n) is 4.16. The predicted octanol–water partition coefficient (Wildman–Crippen LogP) is 0.655. The van der Waals surface area contributed by atoms with Crippen LogP contribution in [0.5, 0.6) is 0 Å². The van der Waals surface area contributed by atoms with Gasteiger partial charge in [0, 0.05) is 25.7 Å². The van der Waals surface area contributed by atoms with Crippen LogP contribution in [-0.2, 0) is 0 Å². The molecule has 1 aliphatic rings. The molecular formula is C11H25N3. The summed E-state index contributed by atoms with van der Waals surface area (Å²) in [6.07, 6.45) is 2.75. The van der Waals surface area contributed by atoms with Crippen molar-refractivity contribution >= 4 is 0 Å². The highest BCUT2D eigenvalue weighted by atomic mass is 15.1. The third-order valence-electron chi connectivity index (χ3n) is 3.17. The van der Waals surface area contributed by atoms with Crippen LogP contribution in [0.25, 0.3) is 0 Å². The van der Waals surface area contributed by atoms with Gasteiger partial charge in [0.1, 0.15) is 0 Å². The Morgan fingerprint density at radius 3 is 2.43 bits per heavy atom. The zero-order chi connectivity index (χ0) is 10.4. The van der Waals surface area contributed by atoms with Crippen molar-refractivity contribution in [1.82, 2.24) is 10.2 Å². The Balaban J connectivity index is 2.06. The number of hydrogen-bond acceptors (Lipinski definition) is 3. The van der Waals surface area contributed by atoms with Gasteiger partial charge in [-0.2, -0.15) is 0 Å². The van der Waals surface area contributed by atoms with Crippen molar-refractivity contribution in [2.24, 2.45) is 11.7 Å². The van der Waals surface area contributed by atoms with Gasteiger partial charge in [0.2, 0.25) is 0 Å². The summed E-state index contributed by atoms with van der Waals surface area (Å²) < 4.78 is 0. The van der Waals surface area contributed by atoms with Crippen LogP contribution in [-0.4, -0.2) is 43.7 Å². The Morgan fingerprint density at radius 2 is 2.00 bits per heavy atom. The minimum Gasteiger partial charge on any atom is -0.329 e. The molecule has 0 aromatic carbocycles. The lowest BCUT2D eigenvalue weighted by molar-refractivity contribution is 0.293. The Hall–Kier alpha value is -0.120. The van der Waals surface area contributed by atoms with Crippen molar-refractivity contribution in [2.45, 2.75) is 32.7 Å². The second-order valence-corrected chi connectivity index (χ2v) is 4.16. The molecule has 14 heavy (non-hydrogen) atoms. The summed E-state index contributed by atoms with van der Waals surface area (Å²) in [6, 6.07) is 0.575. The molecule has 0 aromatic rings. The van der Waals surface area contributed by atoms with Crippen LogP contribution in [0, 0.1) is 5.92 Å². The van der Waals surface area contributed by atoms with Crippen molar-refractivity contribution in [2.75, 3.05) is 32.7 Å². The highest BCUT2D eigenvalue weighted by Gasteiger charge is 2.29. The molecule has 0 radical (unpaired) electrons. The summed E-state index contributed by atoms with van der Waals surface area (Å²) >= 11 is 0. The number of rotatable bonds is 8. The average Bonchev–Trinajstić information content (AvgIpc) is 3.02. The van der Waals surface area contributed by atoms with Crippen LogP contribution in [0.2, 0.25) is 0 Å². The number of nitrogens with one attached hydrogen (secondary N) is 1. The average molecular weight is 199 g/mol. The fraction of sp³-hybridized carbons (Fsp3) is 1.00. The maximum absolute atomic E-state index is 5.72. The first-order chi connectivity index (χ1) is 6.81. The molecule has 0 aromatic heterocycles. The van der Waals surface area contributed by atoms with Crippen molar-refractivity contribution in [1.29, 1.82) is 0 Å². The van der Waals surface area contributed by atoms with Gasteiger partial charge < -0.3 is 16.0 Å². The Morgan fingerprint density at radius 1 is 1.36 bits per heavy atom. The molecule has 1 atom stereocenters. The minimum atomic E-state index is 0.575. The van der Waals surface area contributed by atoms with Crippen LogP contribution in [0.3, 0.4) is 0 Å². The first kappa shape index (κ1) is 12.0. The van der Waals surface area contributed by atoms with Crippen LogP contribution < -0.4 is 11.1 Å². The first-order valence-corrected chi connectivity index (χ1v) is 5.97. The van der Waals surface area contributed by atoms with Crippen LogP contribution in [0.15, 0.2) is 0 Å². The summed E-state index contributed by atoms with van der Waals surface area (Å²) in [5.41, 5.74) is 5.72. The maximum atomic E-state index is 5.72. The predicted molar refractivity (Wildman–Crippen MR) is 61.4 cm³/mol. The lowest BCUT2D eigenvalue weighted by Crippen LogP contribution is -2.42. The third kappa shape index (κ3) is 3.95. The van der Waals surface area contributed by atoms with E-state index in [4.69, 9.17) is 5.73 Å². The number of nitrogens with two attached hydrogens (primary N) is 1. The van der Waals surface area contributed by atoms with E-state index in [1.807, 2.05) is 0 Å². The van der Waals surface area contributed by atoms with Gasteiger partial charge in [-0.1, -0.05) is 13.8 Å². The Bertz CT molecular complexity index is 141. The quantitative estimate of drug-likeness (QED) is 0.603. The Labute approximate surface area is 88.0 Å². The standard InChI is InChI=1S/C11H25N3/c1-3-14(4-2)8-7-13-11(9-12)10-5-6-10/h10-11,13H,3-9,12H2,1-2H3. The molecule has 1 saturated carbocycles. The maximum Gasteiger partial charge on any atom is 0.0219 e. The molecule has 0 amide bonds. The number of nitrogens with zero attached hydrogens (tertiary/aromatic N) is 1. The molecule has 0 saturated heterocycles. The molecule has 0 heterocycles. The van der Waals surface area contributed by atoms with Gasteiger partial charge in [0.05, 0.1) is 0 Å². The van der Waals surface area contributed by atoms with E-state index in [-0.39, 0.29) is 0 Å². The molecular weight excluding hydrogens is 174 g/mol. The van der Waals surface area contributed by atoms with E-state index in [9.17, 15) is 0 Å². The van der Waals surface area contributed by atoms with E-state index in [2.05, 4.69) is 24.1 Å². The van der Waals surface area contributed by atoms with E-state index < -0.39 is 0 Å². The van der Waals surface area contributed by atoms with Gasteiger partial charge in [-0.05, 0) is 31.8 Å². The summed E-state index contributed by atoms with van der Waals surface area (Å²) in [7, 11) is 0. The third-order valence-corrected chi connectivity index (χ3v) is 3.17. The van der Waals surface area contributed by atoms with Crippen molar-refractivity contribution in [3.05, 3.63) is 0 Å². The van der Waals surface area contributed by atoms with Gasteiger partial charge in [-0.25, -0.2) is 0 Å². The molecule has 84 valence electrons. The molecule has 0 aliphatic heterocycles. The van der Waals surface area contributed by atoms with Gasteiger partial charge in [0.15, 0.2) is 0 Å².